The van der Waals surface area contributed by atoms with Gasteiger partial charge < -0.3 is 10.4 Å². The number of aryl methyl sites for hydroxylation is 2. The molecule has 1 atom stereocenters. The fourth-order valence-electron chi connectivity index (χ4n) is 2.13. The van der Waals surface area contributed by atoms with Gasteiger partial charge in [-0.3, -0.25) is 4.68 Å². The molecule has 0 radical (unpaired) electrons. The van der Waals surface area contributed by atoms with Gasteiger partial charge in [0.25, 0.3) is 0 Å². The first-order valence-corrected chi connectivity index (χ1v) is 5.58. The highest BCUT2D eigenvalue weighted by atomic mass is 16.3. The minimum Gasteiger partial charge on any atom is -0.386 e. The molecule has 2 heterocycles. The predicted molar refractivity (Wildman–Crippen MR) is 58.5 cm³/mol. The van der Waals surface area contributed by atoms with Gasteiger partial charge in [0.2, 0.25) is 0 Å². The zero-order valence-electron chi connectivity index (χ0n) is 9.40. The summed E-state index contributed by atoms with van der Waals surface area (Å²) in [5.74, 6) is 0.362. The van der Waals surface area contributed by atoms with E-state index in [0.29, 0.717) is 5.92 Å². The van der Waals surface area contributed by atoms with Crippen LogP contribution in [0.25, 0.3) is 0 Å². The topological polar surface area (TPSA) is 50.1 Å². The normalized spacial score (nSPS) is 20.5. The Morgan fingerprint density at radius 3 is 2.73 bits per heavy atom. The van der Waals surface area contributed by atoms with E-state index < -0.39 is 6.10 Å². The largest absolute Gasteiger partial charge is 0.386 e. The Kier molecular flexibility index (Phi) is 3.07. The van der Waals surface area contributed by atoms with E-state index in [1.165, 1.54) is 0 Å². The van der Waals surface area contributed by atoms with E-state index in [2.05, 4.69) is 10.4 Å². The molecule has 0 bridgehead atoms. The Bertz CT molecular complexity index is 309. The second-order valence-corrected chi connectivity index (χ2v) is 4.37. The SMILES string of the molecule is Cc1cc([C@H](O)C2CCNCC2)nn1C. The highest BCUT2D eigenvalue weighted by Gasteiger charge is 2.24. The van der Waals surface area contributed by atoms with Crippen molar-refractivity contribution in [1.29, 1.82) is 0 Å². The van der Waals surface area contributed by atoms with Crippen LogP contribution in [0.1, 0.15) is 30.3 Å². The number of aliphatic hydroxyl groups is 1. The van der Waals surface area contributed by atoms with Crippen molar-refractivity contribution in [3.63, 3.8) is 0 Å². The van der Waals surface area contributed by atoms with Gasteiger partial charge in [-0.15, -0.1) is 0 Å². The van der Waals surface area contributed by atoms with Gasteiger partial charge >= 0.3 is 0 Å². The minimum atomic E-state index is -0.396. The lowest BCUT2D eigenvalue weighted by Gasteiger charge is -2.26. The molecular formula is C11H19N3O. The van der Waals surface area contributed by atoms with Crippen molar-refractivity contribution >= 4 is 0 Å². The van der Waals surface area contributed by atoms with Crippen molar-refractivity contribution in [2.45, 2.75) is 25.9 Å². The molecule has 1 aromatic heterocycles. The molecule has 0 spiro atoms. The van der Waals surface area contributed by atoms with E-state index >= 15 is 0 Å². The summed E-state index contributed by atoms with van der Waals surface area (Å²) in [5.41, 5.74) is 1.92. The number of hydrogen-bond donors (Lipinski definition) is 2. The third-order valence-corrected chi connectivity index (χ3v) is 3.27. The van der Waals surface area contributed by atoms with E-state index in [9.17, 15) is 5.11 Å². The summed E-state index contributed by atoms with van der Waals surface area (Å²) in [4.78, 5) is 0. The highest BCUT2D eigenvalue weighted by Crippen LogP contribution is 2.27. The van der Waals surface area contributed by atoms with Crippen molar-refractivity contribution in [2.24, 2.45) is 13.0 Å². The van der Waals surface area contributed by atoms with Gasteiger partial charge in [-0.2, -0.15) is 5.10 Å². The van der Waals surface area contributed by atoms with Gasteiger partial charge in [-0.05, 0) is 44.8 Å². The van der Waals surface area contributed by atoms with Gasteiger partial charge in [0.15, 0.2) is 0 Å². The van der Waals surface area contributed by atoms with E-state index in [0.717, 1.165) is 37.3 Å². The number of aromatic nitrogens is 2. The van der Waals surface area contributed by atoms with Gasteiger partial charge in [0, 0.05) is 12.7 Å². The van der Waals surface area contributed by atoms with Gasteiger partial charge in [0.05, 0.1) is 5.69 Å². The standard InChI is InChI=1S/C11H19N3O/c1-8-7-10(13-14(8)2)11(15)9-3-5-12-6-4-9/h7,9,11-12,15H,3-6H2,1-2H3/t11-/m1/s1. The summed E-state index contributed by atoms with van der Waals surface area (Å²) in [6.45, 7) is 4.02. The number of piperidine rings is 1. The maximum atomic E-state index is 10.2. The van der Waals surface area contributed by atoms with Crippen LogP contribution in [0.3, 0.4) is 0 Å². The molecule has 1 aliphatic heterocycles. The van der Waals surface area contributed by atoms with Crippen LogP contribution in [-0.2, 0) is 7.05 Å². The first-order chi connectivity index (χ1) is 7.18. The van der Waals surface area contributed by atoms with E-state index in [4.69, 9.17) is 0 Å². The molecule has 1 aromatic rings. The maximum Gasteiger partial charge on any atom is 0.101 e. The second-order valence-electron chi connectivity index (χ2n) is 4.37. The van der Waals surface area contributed by atoms with Gasteiger partial charge in [0.1, 0.15) is 6.10 Å². The predicted octanol–water partition coefficient (Wildman–Crippen LogP) is 0.762. The van der Waals surface area contributed by atoms with E-state index in [1.54, 1.807) is 0 Å². The summed E-state index contributed by atoms with van der Waals surface area (Å²) in [7, 11) is 1.91. The molecule has 0 aliphatic carbocycles. The van der Waals surface area contributed by atoms with Gasteiger partial charge in [-0.25, -0.2) is 0 Å². The molecule has 4 heteroatoms. The smallest absolute Gasteiger partial charge is 0.101 e. The van der Waals surface area contributed by atoms with E-state index in [-0.39, 0.29) is 0 Å². The number of nitrogens with zero attached hydrogens (tertiary/aromatic N) is 2. The molecule has 0 amide bonds. The third kappa shape index (κ3) is 2.21. The lowest BCUT2D eigenvalue weighted by Crippen LogP contribution is -2.31. The molecule has 0 unspecified atom stereocenters. The molecule has 0 aromatic carbocycles. The zero-order valence-corrected chi connectivity index (χ0v) is 9.40. The molecule has 1 fully saturated rings. The zero-order chi connectivity index (χ0) is 10.8. The van der Waals surface area contributed by atoms with Crippen molar-refractivity contribution in [3.8, 4) is 0 Å². The highest BCUT2D eigenvalue weighted by molar-refractivity contribution is 5.12. The molecule has 1 aliphatic rings. The number of rotatable bonds is 2. The Hall–Kier alpha value is -0.870. The summed E-state index contributed by atoms with van der Waals surface area (Å²) in [5, 5.41) is 17.8. The number of hydrogen-bond acceptors (Lipinski definition) is 3. The number of aliphatic hydroxyl groups excluding tert-OH is 1. The average Bonchev–Trinajstić information content (AvgIpc) is 2.59. The van der Waals surface area contributed by atoms with Crippen LogP contribution in [-0.4, -0.2) is 28.0 Å². The van der Waals surface area contributed by atoms with Crippen LogP contribution in [0.2, 0.25) is 0 Å². The van der Waals surface area contributed by atoms with Crippen molar-refractivity contribution in [3.05, 3.63) is 17.5 Å². The fraction of sp³-hybridized carbons (Fsp3) is 0.727. The molecule has 2 N–H and O–H groups in total. The summed E-state index contributed by atoms with van der Waals surface area (Å²) < 4.78 is 1.82. The monoisotopic (exact) mass is 209 g/mol. The minimum absolute atomic E-state index is 0.362. The van der Waals surface area contributed by atoms with Crippen LogP contribution in [0.4, 0.5) is 0 Å². The first-order valence-electron chi connectivity index (χ1n) is 5.58. The Balaban J connectivity index is 2.08. The molecule has 84 valence electrons. The first kappa shape index (κ1) is 10.6. The van der Waals surface area contributed by atoms with Gasteiger partial charge in [-0.1, -0.05) is 0 Å². The lowest BCUT2D eigenvalue weighted by atomic mass is 9.90. The maximum absolute atomic E-state index is 10.2. The molecule has 1 saturated heterocycles. The van der Waals surface area contributed by atoms with Crippen molar-refractivity contribution in [2.75, 3.05) is 13.1 Å². The van der Waals surface area contributed by atoms with Crippen LogP contribution in [0.15, 0.2) is 6.07 Å². The Labute approximate surface area is 90.3 Å². The second kappa shape index (κ2) is 4.33. The van der Waals surface area contributed by atoms with E-state index in [1.807, 2.05) is 24.7 Å². The third-order valence-electron chi connectivity index (χ3n) is 3.27. The van der Waals surface area contributed by atoms with Crippen molar-refractivity contribution < 1.29 is 5.11 Å². The van der Waals surface area contributed by atoms with Crippen LogP contribution in [0, 0.1) is 12.8 Å². The lowest BCUT2D eigenvalue weighted by molar-refractivity contribution is 0.0846. The Morgan fingerprint density at radius 2 is 2.20 bits per heavy atom. The quantitative estimate of drug-likeness (QED) is 0.756. The number of nitrogens with one attached hydrogen (secondary N) is 1. The molecule has 4 nitrogen and oxygen atoms in total. The fourth-order valence-corrected chi connectivity index (χ4v) is 2.13. The van der Waals surface area contributed by atoms with Crippen LogP contribution >= 0.6 is 0 Å². The molecule has 2 rings (SSSR count). The summed E-state index contributed by atoms with van der Waals surface area (Å²) in [6, 6.07) is 1.98. The Morgan fingerprint density at radius 1 is 1.53 bits per heavy atom. The summed E-state index contributed by atoms with van der Waals surface area (Å²) >= 11 is 0. The molecular weight excluding hydrogens is 190 g/mol. The van der Waals surface area contributed by atoms with Crippen molar-refractivity contribution in [1.82, 2.24) is 15.1 Å². The van der Waals surface area contributed by atoms with Crippen LogP contribution in [0.5, 0.6) is 0 Å². The average molecular weight is 209 g/mol. The summed E-state index contributed by atoms with van der Waals surface area (Å²) in [6.07, 6.45) is 1.68. The molecule has 0 saturated carbocycles. The van der Waals surface area contributed by atoms with Crippen LogP contribution < -0.4 is 5.32 Å². The molecule has 15 heavy (non-hydrogen) atoms.